The molecule has 1 aromatic carbocycles. The second kappa shape index (κ2) is 12.1. The van der Waals surface area contributed by atoms with Crippen molar-refractivity contribution in [2.24, 2.45) is 10.9 Å². The van der Waals surface area contributed by atoms with Crippen LogP contribution in [-0.4, -0.2) is 36.4 Å². The number of nitrogens with zero attached hydrogens (tertiary/aromatic N) is 2. The van der Waals surface area contributed by atoms with E-state index in [4.69, 9.17) is 0 Å². The first kappa shape index (κ1) is 22.7. The van der Waals surface area contributed by atoms with Crippen LogP contribution in [0.2, 0.25) is 0 Å². The highest BCUT2D eigenvalue weighted by molar-refractivity contribution is 14.0. The summed E-state index contributed by atoms with van der Waals surface area (Å²) in [6.07, 6.45) is 2.82. The van der Waals surface area contributed by atoms with Crippen molar-refractivity contribution in [2.45, 2.75) is 53.1 Å². The van der Waals surface area contributed by atoms with E-state index in [1.54, 1.807) is 0 Å². The molecule has 0 bridgehead atoms. The number of hydrogen-bond acceptors (Lipinski definition) is 2. The molecule has 1 saturated heterocycles. The summed E-state index contributed by atoms with van der Waals surface area (Å²) >= 11 is 0. The molecule has 0 saturated carbocycles. The average molecular weight is 472 g/mol. The van der Waals surface area contributed by atoms with Gasteiger partial charge in [-0.3, -0.25) is 4.79 Å². The van der Waals surface area contributed by atoms with E-state index in [1.165, 1.54) is 11.1 Å². The van der Waals surface area contributed by atoms with Gasteiger partial charge in [-0.05, 0) is 36.8 Å². The van der Waals surface area contributed by atoms with Gasteiger partial charge in [-0.2, -0.15) is 0 Å². The number of rotatable bonds is 8. The van der Waals surface area contributed by atoms with Crippen LogP contribution in [0.3, 0.4) is 0 Å². The topological polar surface area (TPSA) is 56.7 Å². The van der Waals surface area contributed by atoms with E-state index in [-0.39, 0.29) is 29.9 Å². The number of hydrogen-bond donors (Lipinski definition) is 2. The first-order valence-corrected chi connectivity index (χ1v) is 9.46. The number of carbonyl (C=O) groups is 1. The predicted octanol–water partition coefficient (Wildman–Crippen LogP) is 3.53. The summed E-state index contributed by atoms with van der Waals surface area (Å²) < 4.78 is 0. The summed E-state index contributed by atoms with van der Waals surface area (Å²) in [4.78, 5) is 18.3. The van der Waals surface area contributed by atoms with Gasteiger partial charge >= 0.3 is 0 Å². The highest BCUT2D eigenvalue weighted by atomic mass is 127. The zero-order valence-electron chi connectivity index (χ0n) is 16.3. The second-order valence-electron chi connectivity index (χ2n) is 7.04. The Morgan fingerprint density at radius 3 is 2.46 bits per heavy atom. The summed E-state index contributed by atoms with van der Waals surface area (Å²) in [5.41, 5.74) is 2.36. The lowest BCUT2D eigenvalue weighted by atomic mass is 10.1. The normalized spacial score (nSPS) is 14.5. The van der Waals surface area contributed by atoms with Crippen molar-refractivity contribution < 1.29 is 4.79 Å². The van der Waals surface area contributed by atoms with Crippen molar-refractivity contribution in [3.05, 3.63) is 35.4 Å². The molecule has 5 nitrogen and oxygen atoms in total. The van der Waals surface area contributed by atoms with Gasteiger partial charge in [0.2, 0.25) is 5.91 Å². The summed E-state index contributed by atoms with van der Waals surface area (Å²) in [5, 5.41) is 6.67. The summed E-state index contributed by atoms with van der Waals surface area (Å²) in [6.45, 7) is 10.6. The monoisotopic (exact) mass is 472 g/mol. The zero-order valence-corrected chi connectivity index (χ0v) is 18.6. The van der Waals surface area contributed by atoms with E-state index < -0.39 is 0 Å². The zero-order chi connectivity index (χ0) is 18.1. The van der Waals surface area contributed by atoms with Gasteiger partial charge < -0.3 is 15.5 Å². The van der Waals surface area contributed by atoms with Crippen molar-refractivity contribution >= 4 is 35.8 Å². The Balaban J connectivity index is 0.00000338. The van der Waals surface area contributed by atoms with Gasteiger partial charge in [-0.1, -0.05) is 38.1 Å². The van der Waals surface area contributed by atoms with Crippen molar-refractivity contribution in [1.29, 1.82) is 0 Å². The Labute approximate surface area is 175 Å². The third kappa shape index (κ3) is 7.93. The number of amides is 1. The maximum Gasteiger partial charge on any atom is 0.222 e. The van der Waals surface area contributed by atoms with Crippen molar-refractivity contribution in [3.8, 4) is 0 Å². The van der Waals surface area contributed by atoms with Crippen LogP contribution in [0.5, 0.6) is 0 Å². The van der Waals surface area contributed by atoms with Crippen LogP contribution in [0.15, 0.2) is 29.3 Å². The number of halogens is 1. The third-order valence-electron chi connectivity index (χ3n) is 4.35. The Hall–Kier alpha value is -1.31. The van der Waals surface area contributed by atoms with E-state index >= 15 is 0 Å². The molecule has 0 spiro atoms. The van der Waals surface area contributed by atoms with Gasteiger partial charge in [0.1, 0.15) is 0 Å². The van der Waals surface area contributed by atoms with Gasteiger partial charge in [0.15, 0.2) is 5.96 Å². The Morgan fingerprint density at radius 2 is 1.88 bits per heavy atom. The largest absolute Gasteiger partial charge is 0.357 e. The van der Waals surface area contributed by atoms with Crippen molar-refractivity contribution in [1.82, 2.24) is 15.5 Å². The predicted molar refractivity (Wildman–Crippen MR) is 119 cm³/mol. The smallest absolute Gasteiger partial charge is 0.222 e. The second-order valence-corrected chi connectivity index (χ2v) is 7.04. The molecule has 1 heterocycles. The van der Waals surface area contributed by atoms with E-state index in [2.05, 4.69) is 60.7 Å². The number of likely N-dealkylation sites (tertiary alicyclic amines) is 1. The molecule has 0 radical (unpaired) electrons. The highest BCUT2D eigenvalue weighted by Crippen LogP contribution is 2.15. The van der Waals surface area contributed by atoms with Gasteiger partial charge in [0, 0.05) is 32.6 Å². The fourth-order valence-electron chi connectivity index (χ4n) is 2.83. The number of nitrogens with one attached hydrogen (secondary N) is 2. The molecule has 1 aliphatic rings. The fraction of sp³-hybridized carbons (Fsp3) is 0.600. The SMILES string of the molecule is CCNC(=NCc1ccc(CN2CCCC2=O)cc1)NCCC(C)C.I. The summed E-state index contributed by atoms with van der Waals surface area (Å²) in [6, 6.07) is 8.43. The number of aliphatic imine (C=N–C) groups is 1. The van der Waals surface area contributed by atoms with Gasteiger partial charge in [0.05, 0.1) is 6.54 Å². The van der Waals surface area contributed by atoms with Crippen LogP contribution < -0.4 is 10.6 Å². The minimum absolute atomic E-state index is 0. The average Bonchev–Trinajstić information content (AvgIpc) is 2.98. The van der Waals surface area contributed by atoms with Crippen molar-refractivity contribution in [2.75, 3.05) is 19.6 Å². The molecule has 0 atom stereocenters. The molecule has 0 aliphatic carbocycles. The van der Waals surface area contributed by atoms with Crippen LogP contribution >= 0.6 is 24.0 Å². The Bertz CT molecular complexity index is 572. The first-order valence-electron chi connectivity index (χ1n) is 9.46. The van der Waals surface area contributed by atoms with Crippen LogP contribution in [-0.2, 0) is 17.9 Å². The number of guanidine groups is 1. The maximum atomic E-state index is 11.7. The molecule has 1 amide bonds. The molecule has 6 heteroatoms. The first-order chi connectivity index (χ1) is 12.1. The number of benzene rings is 1. The molecular weight excluding hydrogens is 439 g/mol. The van der Waals surface area contributed by atoms with Crippen LogP contribution in [0, 0.1) is 5.92 Å². The minimum atomic E-state index is 0. The molecule has 2 N–H and O–H groups in total. The van der Waals surface area contributed by atoms with E-state index in [0.29, 0.717) is 18.9 Å². The van der Waals surface area contributed by atoms with Gasteiger partial charge in [-0.15, -0.1) is 24.0 Å². The molecule has 0 unspecified atom stereocenters. The standard InChI is InChI=1S/C20H32N4O.HI/c1-4-21-20(22-12-11-16(2)3)23-14-17-7-9-18(10-8-17)15-24-13-5-6-19(24)25;/h7-10,16H,4-6,11-15H2,1-3H3,(H2,21,22,23);1H. The van der Waals surface area contributed by atoms with E-state index in [9.17, 15) is 4.79 Å². The molecule has 1 aromatic rings. The fourth-order valence-corrected chi connectivity index (χ4v) is 2.83. The Morgan fingerprint density at radius 1 is 1.19 bits per heavy atom. The molecule has 1 fully saturated rings. The molecule has 146 valence electrons. The quantitative estimate of drug-likeness (QED) is 0.346. The molecule has 0 aromatic heterocycles. The maximum absolute atomic E-state index is 11.7. The highest BCUT2D eigenvalue weighted by Gasteiger charge is 2.19. The summed E-state index contributed by atoms with van der Waals surface area (Å²) in [5.74, 6) is 1.83. The third-order valence-corrected chi connectivity index (χ3v) is 4.35. The summed E-state index contributed by atoms with van der Waals surface area (Å²) in [7, 11) is 0. The molecule has 26 heavy (non-hydrogen) atoms. The van der Waals surface area contributed by atoms with Gasteiger partial charge in [0.25, 0.3) is 0 Å². The number of carbonyl (C=O) groups excluding carboxylic acids is 1. The molecule has 2 rings (SSSR count). The van der Waals surface area contributed by atoms with Crippen molar-refractivity contribution in [3.63, 3.8) is 0 Å². The molecular formula is C20H33IN4O. The van der Waals surface area contributed by atoms with E-state index in [0.717, 1.165) is 45.0 Å². The molecule has 1 aliphatic heterocycles. The minimum Gasteiger partial charge on any atom is -0.357 e. The van der Waals surface area contributed by atoms with Crippen LogP contribution in [0.1, 0.15) is 51.2 Å². The van der Waals surface area contributed by atoms with E-state index in [1.807, 2.05) is 4.90 Å². The van der Waals surface area contributed by atoms with Crippen LogP contribution in [0.4, 0.5) is 0 Å². The Kier molecular flexibility index (Phi) is 10.6. The lowest BCUT2D eigenvalue weighted by Crippen LogP contribution is -2.38. The lowest BCUT2D eigenvalue weighted by molar-refractivity contribution is -0.128. The van der Waals surface area contributed by atoms with Crippen LogP contribution in [0.25, 0.3) is 0 Å². The lowest BCUT2D eigenvalue weighted by Gasteiger charge is -2.15. The van der Waals surface area contributed by atoms with Gasteiger partial charge in [-0.25, -0.2) is 4.99 Å².